The quantitative estimate of drug-likeness (QED) is 0.810. The minimum atomic E-state index is 0.0202. The van der Waals surface area contributed by atoms with Crippen molar-refractivity contribution in [1.82, 2.24) is 5.32 Å². The molecule has 2 aliphatic rings. The van der Waals surface area contributed by atoms with Gasteiger partial charge in [0.2, 0.25) is 11.8 Å². The number of carbonyl (C=O) groups is 2. The molecule has 2 amide bonds. The van der Waals surface area contributed by atoms with Gasteiger partial charge in [-0.25, -0.2) is 0 Å². The lowest BCUT2D eigenvalue weighted by molar-refractivity contribution is -0.121. The third kappa shape index (κ3) is 4.33. The molecule has 0 unspecified atom stereocenters. The Balaban J connectivity index is 1.39. The first-order valence-corrected chi connectivity index (χ1v) is 9.92. The molecule has 1 aliphatic carbocycles. The number of carbonyl (C=O) groups excluding carboxylic acids is 2. The van der Waals surface area contributed by atoms with Crippen molar-refractivity contribution in [3.05, 3.63) is 64.7 Å². The zero-order chi connectivity index (χ0) is 18.8. The number of amides is 2. The van der Waals surface area contributed by atoms with Gasteiger partial charge in [-0.1, -0.05) is 35.9 Å². The van der Waals surface area contributed by atoms with Crippen LogP contribution in [0.4, 0.5) is 5.69 Å². The zero-order valence-corrected chi connectivity index (χ0v) is 15.9. The van der Waals surface area contributed by atoms with Crippen molar-refractivity contribution < 1.29 is 9.59 Å². The molecule has 4 rings (SSSR count). The van der Waals surface area contributed by atoms with Crippen molar-refractivity contribution in [3.63, 3.8) is 0 Å². The van der Waals surface area contributed by atoms with Crippen LogP contribution in [0, 0.1) is 5.92 Å². The standard InChI is InChI=1S/C22H23ClN2O2/c23-18-9-7-17(8-10-18)22(16-5-6-16)24-20(26)14-15-3-11-19(12-4-15)25-13-1-2-21(25)27/h3-4,7-12,16,22H,1-2,5-6,13-14H2,(H,24,26)/t22-/m1/s1. The lowest BCUT2D eigenvalue weighted by atomic mass is 10.0. The maximum atomic E-state index is 12.6. The third-order valence-electron chi connectivity index (χ3n) is 5.33. The van der Waals surface area contributed by atoms with Crippen LogP contribution in [0.3, 0.4) is 0 Å². The second-order valence-electron chi connectivity index (χ2n) is 7.43. The fourth-order valence-corrected chi connectivity index (χ4v) is 3.82. The summed E-state index contributed by atoms with van der Waals surface area (Å²) in [7, 11) is 0. The first-order chi connectivity index (χ1) is 13.1. The normalized spacial score (nSPS) is 17.8. The molecule has 2 aromatic rings. The molecule has 1 heterocycles. The third-order valence-corrected chi connectivity index (χ3v) is 5.58. The van der Waals surface area contributed by atoms with Crippen LogP contribution in [0.2, 0.25) is 5.02 Å². The van der Waals surface area contributed by atoms with Gasteiger partial charge < -0.3 is 10.2 Å². The average Bonchev–Trinajstić information content (AvgIpc) is 3.42. The Bertz CT molecular complexity index is 828. The van der Waals surface area contributed by atoms with Crippen LogP contribution < -0.4 is 10.2 Å². The van der Waals surface area contributed by atoms with Gasteiger partial charge in [-0.3, -0.25) is 9.59 Å². The zero-order valence-electron chi connectivity index (χ0n) is 15.2. The van der Waals surface area contributed by atoms with Crippen molar-refractivity contribution in [1.29, 1.82) is 0 Å². The molecule has 2 fully saturated rings. The van der Waals surface area contributed by atoms with Gasteiger partial charge in [0, 0.05) is 23.7 Å². The van der Waals surface area contributed by atoms with Gasteiger partial charge in [-0.15, -0.1) is 0 Å². The second kappa shape index (κ2) is 7.73. The molecule has 1 saturated carbocycles. The van der Waals surface area contributed by atoms with E-state index in [1.54, 1.807) is 0 Å². The number of benzene rings is 2. The summed E-state index contributed by atoms with van der Waals surface area (Å²) in [5.41, 5.74) is 2.98. The minimum Gasteiger partial charge on any atom is -0.349 e. The Labute approximate surface area is 164 Å². The summed E-state index contributed by atoms with van der Waals surface area (Å²) in [6, 6.07) is 15.5. The lowest BCUT2D eigenvalue weighted by Crippen LogP contribution is -2.31. The molecule has 0 radical (unpaired) electrons. The van der Waals surface area contributed by atoms with E-state index >= 15 is 0 Å². The van der Waals surface area contributed by atoms with Crippen molar-refractivity contribution in [2.75, 3.05) is 11.4 Å². The van der Waals surface area contributed by atoms with Crippen LogP contribution in [0.25, 0.3) is 0 Å². The monoisotopic (exact) mass is 382 g/mol. The van der Waals surface area contributed by atoms with Gasteiger partial charge in [0.25, 0.3) is 0 Å². The summed E-state index contributed by atoms with van der Waals surface area (Å²) in [5, 5.41) is 3.90. The molecule has 0 aromatic heterocycles. The number of rotatable bonds is 6. The SMILES string of the molecule is O=C(Cc1ccc(N2CCCC2=O)cc1)N[C@@H](c1ccc(Cl)cc1)C1CC1. The van der Waals surface area contributed by atoms with Crippen molar-refractivity contribution in [2.24, 2.45) is 5.92 Å². The summed E-state index contributed by atoms with van der Waals surface area (Å²) < 4.78 is 0. The van der Waals surface area contributed by atoms with E-state index in [-0.39, 0.29) is 17.9 Å². The first-order valence-electron chi connectivity index (χ1n) is 9.54. The highest BCUT2D eigenvalue weighted by Crippen LogP contribution is 2.41. The number of nitrogens with one attached hydrogen (secondary N) is 1. The Morgan fingerprint density at radius 1 is 1.11 bits per heavy atom. The topological polar surface area (TPSA) is 49.4 Å². The first kappa shape index (κ1) is 18.1. The van der Waals surface area contributed by atoms with Gasteiger partial charge in [0.15, 0.2) is 0 Å². The highest BCUT2D eigenvalue weighted by atomic mass is 35.5. The van der Waals surface area contributed by atoms with Gasteiger partial charge in [-0.05, 0) is 60.6 Å². The van der Waals surface area contributed by atoms with Gasteiger partial charge in [-0.2, -0.15) is 0 Å². The molecule has 140 valence electrons. The maximum Gasteiger partial charge on any atom is 0.227 e. The van der Waals surface area contributed by atoms with Crippen LogP contribution in [-0.4, -0.2) is 18.4 Å². The molecular weight excluding hydrogens is 360 g/mol. The fourth-order valence-electron chi connectivity index (χ4n) is 3.70. The van der Waals surface area contributed by atoms with Gasteiger partial charge in [0.05, 0.1) is 12.5 Å². The lowest BCUT2D eigenvalue weighted by Gasteiger charge is -2.19. The van der Waals surface area contributed by atoms with E-state index in [4.69, 9.17) is 11.6 Å². The van der Waals surface area contributed by atoms with Crippen LogP contribution >= 0.6 is 11.6 Å². The van der Waals surface area contributed by atoms with Crippen LogP contribution in [0.15, 0.2) is 48.5 Å². The van der Waals surface area contributed by atoms with Gasteiger partial charge >= 0.3 is 0 Å². The largest absolute Gasteiger partial charge is 0.349 e. The molecule has 4 nitrogen and oxygen atoms in total. The second-order valence-corrected chi connectivity index (χ2v) is 7.86. The van der Waals surface area contributed by atoms with Crippen molar-refractivity contribution in [2.45, 2.75) is 38.1 Å². The molecule has 5 heteroatoms. The summed E-state index contributed by atoms with van der Waals surface area (Å²) in [6.45, 7) is 0.781. The fraction of sp³-hybridized carbons (Fsp3) is 0.364. The smallest absolute Gasteiger partial charge is 0.227 e. The Kier molecular flexibility index (Phi) is 5.17. The maximum absolute atomic E-state index is 12.6. The molecule has 0 spiro atoms. The van der Waals surface area contributed by atoms with E-state index in [9.17, 15) is 9.59 Å². The minimum absolute atomic E-state index is 0.0202. The van der Waals surface area contributed by atoms with Crippen molar-refractivity contribution >= 4 is 29.1 Å². The number of halogens is 1. The van der Waals surface area contributed by atoms with Crippen LogP contribution in [0.1, 0.15) is 42.9 Å². The number of nitrogens with zero attached hydrogens (tertiary/aromatic N) is 1. The molecule has 1 saturated heterocycles. The molecule has 2 aromatic carbocycles. The van der Waals surface area contributed by atoms with Gasteiger partial charge in [0.1, 0.15) is 0 Å². The van der Waals surface area contributed by atoms with Crippen LogP contribution in [-0.2, 0) is 16.0 Å². The molecular formula is C22H23ClN2O2. The predicted molar refractivity (Wildman–Crippen MR) is 107 cm³/mol. The van der Waals surface area contributed by atoms with Crippen molar-refractivity contribution in [3.8, 4) is 0 Å². The Hall–Kier alpha value is -2.33. The van der Waals surface area contributed by atoms with E-state index in [0.29, 0.717) is 23.8 Å². The molecule has 0 bridgehead atoms. The summed E-state index contributed by atoms with van der Waals surface area (Å²) in [6.07, 6.45) is 4.16. The van der Waals surface area contributed by atoms with E-state index < -0.39 is 0 Å². The molecule has 1 atom stereocenters. The molecule has 27 heavy (non-hydrogen) atoms. The van der Waals surface area contributed by atoms with E-state index in [0.717, 1.165) is 42.6 Å². The van der Waals surface area contributed by atoms with E-state index in [1.807, 2.05) is 53.4 Å². The Morgan fingerprint density at radius 3 is 2.41 bits per heavy atom. The number of hydrogen-bond donors (Lipinski definition) is 1. The molecule has 1 N–H and O–H groups in total. The van der Waals surface area contributed by atoms with E-state index in [2.05, 4.69) is 5.32 Å². The molecule has 1 aliphatic heterocycles. The summed E-state index contributed by atoms with van der Waals surface area (Å²) >= 11 is 5.98. The highest BCUT2D eigenvalue weighted by molar-refractivity contribution is 6.30. The number of anilines is 1. The highest BCUT2D eigenvalue weighted by Gasteiger charge is 2.33. The van der Waals surface area contributed by atoms with Crippen LogP contribution in [0.5, 0.6) is 0 Å². The van der Waals surface area contributed by atoms with E-state index in [1.165, 1.54) is 0 Å². The summed E-state index contributed by atoms with van der Waals surface area (Å²) in [4.78, 5) is 26.2. The predicted octanol–water partition coefficient (Wildman–Crippen LogP) is 4.28. The summed E-state index contributed by atoms with van der Waals surface area (Å²) in [5.74, 6) is 0.710. The Morgan fingerprint density at radius 2 is 1.81 bits per heavy atom. The average molecular weight is 383 g/mol. The number of hydrogen-bond acceptors (Lipinski definition) is 2.